The monoisotopic (exact) mass is 250 g/mol. The summed E-state index contributed by atoms with van der Waals surface area (Å²) in [7, 11) is 1.39. The van der Waals surface area contributed by atoms with Gasteiger partial charge < -0.3 is 15.0 Å². The fraction of sp³-hybridized carbons (Fsp3) is 0.643. The van der Waals surface area contributed by atoms with Crippen LogP contribution >= 0.6 is 0 Å². The maximum atomic E-state index is 11.3. The van der Waals surface area contributed by atoms with Crippen molar-refractivity contribution in [3.05, 3.63) is 23.5 Å². The zero-order valence-electron chi connectivity index (χ0n) is 11.2. The molecule has 100 valence electrons. The number of hydrogen-bond donors (Lipinski definition) is 2. The van der Waals surface area contributed by atoms with Crippen molar-refractivity contribution >= 4 is 5.97 Å². The summed E-state index contributed by atoms with van der Waals surface area (Å²) >= 11 is 0. The van der Waals surface area contributed by atoms with Gasteiger partial charge in [0.1, 0.15) is 5.69 Å². The Morgan fingerprint density at radius 3 is 2.89 bits per heavy atom. The average molecular weight is 250 g/mol. The Balaban J connectivity index is 1.82. The number of carbonyl (C=O) groups excluding carboxylic acids is 1. The Labute approximate surface area is 108 Å². The van der Waals surface area contributed by atoms with Crippen LogP contribution in [0, 0.1) is 5.92 Å². The van der Waals surface area contributed by atoms with Crippen molar-refractivity contribution in [2.45, 2.75) is 45.2 Å². The molecule has 2 N–H and O–H groups in total. The van der Waals surface area contributed by atoms with Crippen molar-refractivity contribution in [1.82, 2.24) is 10.3 Å². The molecule has 1 aliphatic rings. The zero-order chi connectivity index (χ0) is 13.0. The third-order valence-electron chi connectivity index (χ3n) is 3.87. The van der Waals surface area contributed by atoms with Gasteiger partial charge in [0.2, 0.25) is 0 Å². The van der Waals surface area contributed by atoms with Crippen molar-refractivity contribution in [1.29, 1.82) is 0 Å². The SMILES string of the molecule is COC(=O)c1ccc(CN[C@@H](C)C2CCCC2)[nH]1. The molecule has 0 saturated heterocycles. The molecular formula is C14H22N2O2. The molecule has 1 aliphatic carbocycles. The van der Waals surface area contributed by atoms with E-state index in [1.807, 2.05) is 6.07 Å². The highest BCUT2D eigenvalue weighted by molar-refractivity contribution is 5.87. The Morgan fingerprint density at radius 1 is 1.50 bits per heavy atom. The first-order valence-electron chi connectivity index (χ1n) is 6.70. The Hall–Kier alpha value is -1.29. The van der Waals surface area contributed by atoms with E-state index in [0.717, 1.165) is 18.2 Å². The van der Waals surface area contributed by atoms with Gasteiger partial charge >= 0.3 is 5.97 Å². The van der Waals surface area contributed by atoms with Crippen LogP contribution in [0.1, 0.15) is 48.8 Å². The van der Waals surface area contributed by atoms with Crippen molar-refractivity contribution < 1.29 is 9.53 Å². The molecule has 0 radical (unpaired) electrons. The Morgan fingerprint density at radius 2 is 2.22 bits per heavy atom. The largest absolute Gasteiger partial charge is 0.464 e. The lowest BCUT2D eigenvalue weighted by Gasteiger charge is -2.19. The summed E-state index contributed by atoms with van der Waals surface area (Å²) in [5.41, 5.74) is 1.54. The van der Waals surface area contributed by atoms with Crippen LogP contribution in [0.5, 0.6) is 0 Å². The van der Waals surface area contributed by atoms with Gasteiger partial charge in [-0.3, -0.25) is 0 Å². The van der Waals surface area contributed by atoms with E-state index in [9.17, 15) is 4.79 Å². The van der Waals surface area contributed by atoms with Crippen LogP contribution < -0.4 is 5.32 Å². The molecule has 1 saturated carbocycles. The molecule has 4 heteroatoms. The highest BCUT2D eigenvalue weighted by Crippen LogP contribution is 2.27. The first-order valence-corrected chi connectivity index (χ1v) is 6.70. The minimum absolute atomic E-state index is 0.315. The Bertz CT molecular complexity index is 394. The number of esters is 1. The summed E-state index contributed by atoms with van der Waals surface area (Å²) in [5.74, 6) is 0.491. The van der Waals surface area contributed by atoms with Gasteiger partial charge in [-0.05, 0) is 37.8 Å². The minimum Gasteiger partial charge on any atom is -0.464 e. The third kappa shape index (κ3) is 3.13. The van der Waals surface area contributed by atoms with E-state index in [-0.39, 0.29) is 5.97 Å². The van der Waals surface area contributed by atoms with Crippen LogP contribution in [0.4, 0.5) is 0 Å². The molecule has 0 amide bonds. The second-order valence-electron chi connectivity index (χ2n) is 5.10. The minimum atomic E-state index is -0.315. The van der Waals surface area contributed by atoms with Crippen molar-refractivity contribution in [3.63, 3.8) is 0 Å². The molecule has 0 bridgehead atoms. The number of ether oxygens (including phenoxy) is 1. The lowest BCUT2D eigenvalue weighted by Crippen LogP contribution is -2.31. The molecule has 1 atom stereocenters. The first-order chi connectivity index (χ1) is 8.70. The number of H-pyrrole nitrogens is 1. The summed E-state index contributed by atoms with van der Waals surface area (Å²) in [4.78, 5) is 14.4. The molecule has 1 aromatic heterocycles. The molecule has 0 unspecified atom stereocenters. The number of aromatic amines is 1. The molecule has 0 aromatic carbocycles. The van der Waals surface area contributed by atoms with Crippen molar-refractivity contribution in [3.8, 4) is 0 Å². The van der Waals surface area contributed by atoms with E-state index < -0.39 is 0 Å². The van der Waals surface area contributed by atoms with Crippen LogP contribution in [-0.4, -0.2) is 24.1 Å². The number of methoxy groups -OCH3 is 1. The van der Waals surface area contributed by atoms with Gasteiger partial charge in [-0.1, -0.05) is 12.8 Å². The van der Waals surface area contributed by atoms with Gasteiger partial charge in [-0.2, -0.15) is 0 Å². The highest BCUT2D eigenvalue weighted by atomic mass is 16.5. The molecule has 1 fully saturated rings. The maximum absolute atomic E-state index is 11.3. The van der Waals surface area contributed by atoms with Crippen molar-refractivity contribution in [2.75, 3.05) is 7.11 Å². The fourth-order valence-electron chi connectivity index (χ4n) is 2.67. The highest BCUT2D eigenvalue weighted by Gasteiger charge is 2.21. The van der Waals surface area contributed by atoms with Gasteiger partial charge in [0.15, 0.2) is 0 Å². The summed E-state index contributed by atoms with van der Waals surface area (Å²) < 4.78 is 4.67. The normalized spacial score (nSPS) is 17.9. The van der Waals surface area contributed by atoms with Gasteiger partial charge in [0, 0.05) is 18.3 Å². The third-order valence-corrected chi connectivity index (χ3v) is 3.87. The van der Waals surface area contributed by atoms with Gasteiger partial charge in [-0.15, -0.1) is 0 Å². The second kappa shape index (κ2) is 6.05. The van der Waals surface area contributed by atoms with Gasteiger partial charge in [-0.25, -0.2) is 4.79 Å². The molecule has 1 aromatic rings. The molecule has 0 aliphatic heterocycles. The number of carbonyl (C=O) groups is 1. The van der Waals surface area contributed by atoms with Crippen LogP contribution in [0.25, 0.3) is 0 Å². The number of aromatic nitrogens is 1. The Kier molecular flexibility index (Phi) is 4.42. The molecule has 0 spiro atoms. The molecule has 18 heavy (non-hydrogen) atoms. The second-order valence-corrected chi connectivity index (χ2v) is 5.10. The summed E-state index contributed by atoms with van der Waals surface area (Å²) in [6.45, 7) is 3.02. The van der Waals surface area contributed by atoms with Crippen LogP contribution in [-0.2, 0) is 11.3 Å². The summed E-state index contributed by atoms with van der Waals surface area (Å²) in [5, 5.41) is 3.53. The van der Waals surface area contributed by atoms with E-state index >= 15 is 0 Å². The number of hydrogen-bond acceptors (Lipinski definition) is 3. The van der Waals surface area contributed by atoms with Crippen LogP contribution in [0.2, 0.25) is 0 Å². The van der Waals surface area contributed by atoms with E-state index in [4.69, 9.17) is 0 Å². The fourth-order valence-corrected chi connectivity index (χ4v) is 2.67. The number of rotatable bonds is 5. The van der Waals surface area contributed by atoms with Crippen LogP contribution in [0.3, 0.4) is 0 Å². The molecule has 4 nitrogen and oxygen atoms in total. The smallest absolute Gasteiger partial charge is 0.354 e. The first kappa shape index (κ1) is 13.1. The molecule has 2 rings (SSSR count). The predicted molar refractivity (Wildman–Crippen MR) is 70.4 cm³/mol. The van der Waals surface area contributed by atoms with E-state index in [0.29, 0.717) is 11.7 Å². The lowest BCUT2D eigenvalue weighted by atomic mass is 10.00. The molecular weight excluding hydrogens is 228 g/mol. The predicted octanol–water partition coefficient (Wildman–Crippen LogP) is 2.47. The topological polar surface area (TPSA) is 54.1 Å². The summed E-state index contributed by atoms with van der Waals surface area (Å²) in [6, 6.07) is 4.24. The quantitative estimate of drug-likeness (QED) is 0.789. The van der Waals surface area contributed by atoms with E-state index in [2.05, 4.69) is 22.0 Å². The van der Waals surface area contributed by atoms with Crippen molar-refractivity contribution in [2.24, 2.45) is 5.92 Å². The van der Waals surface area contributed by atoms with Crippen LogP contribution in [0.15, 0.2) is 12.1 Å². The van der Waals surface area contributed by atoms with E-state index in [1.54, 1.807) is 6.07 Å². The number of nitrogens with one attached hydrogen (secondary N) is 2. The average Bonchev–Trinajstić information content (AvgIpc) is 3.05. The zero-order valence-corrected chi connectivity index (χ0v) is 11.2. The lowest BCUT2D eigenvalue weighted by molar-refractivity contribution is 0.0594. The maximum Gasteiger partial charge on any atom is 0.354 e. The molecule has 1 heterocycles. The summed E-state index contributed by atoms with van der Waals surface area (Å²) in [6.07, 6.45) is 5.41. The standard InChI is InChI=1S/C14H22N2O2/c1-10(11-5-3-4-6-11)15-9-12-7-8-13(16-12)14(17)18-2/h7-8,10-11,15-16H,3-6,9H2,1-2H3/t10-/m0/s1. The van der Waals surface area contributed by atoms with Gasteiger partial charge in [0.25, 0.3) is 0 Å². The van der Waals surface area contributed by atoms with E-state index in [1.165, 1.54) is 32.8 Å². The van der Waals surface area contributed by atoms with Gasteiger partial charge in [0.05, 0.1) is 7.11 Å².